The van der Waals surface area contributed by atoms with Gasteiger partial charge in [-0.05, 0) is 12.3 Å². The lowest BCUT2D eigenvalue weighted by molar-refractivity contribution is 0.117. The Morgan fingerprint density at radius 2 is 1.92 bits per heavy atom. The summed E-state index contributed by atoms with van der Waals surface area (Å²) in [4.78, 5) is 0. The van der Waals surface area contributed by atoms with Crippen molar-refractivity contribution in [1.82, 2.24) is 0 Å². The molecular formula is C7H15BF3O-. The van der Waals surface area contributed by atoms with E-state index in [0.717, 1.165) is 12.8 Å². The molecule has 1 unspecified atom stereocenters. The highest BCUT2D eigenvalue weighted by Gasteiger charge is 2.23. The molecule has 1 nitrogen and oxygen atoms in total. The zero-order valence-electron chi connectivity index (χ0n) is 7.53. The summed E-state index contributed by atoms with van der Waals surface area (Å²) in [6, 6.07) is 0. The molecule has 0 N–H and O–H groups in total. The smallest absolute Gasteiger partial charge is 0.447 e. The van der Waals surface area contributed by atoms with E-state index >= 15 is 0 Å². The molecular weight excluding hydrogens is 168 g/mol. The van der Waals surface area contributed by atoms with Gasteiger partial charge in [0, 0.05) is 13.1 Å². The molecule has 0 saturated heterocycles. The van der Waals surface area contributed by atoms with Gasteiger partial charge in [-0.1, -0.05) is 20.3 Å². The minimum absolute atomic E-state index is 0.217. The Labute approximate surface area is 71.3 Å². The van der Waals surface area contributed by atoms with Crippen molar-refractivity contribution in [2.45, 2.75) is 26.7 Å². The van der Waals surface area contributed by atoms with Gasteiger partial charge in [-0.2, -0.15) is 0 Å². The Morgan fingerprint density at radius 1 is 1.33 bits per heavy atom. The molecule has 12 heavy (non-hydrogen) atoms. The Hall–Kier alpha value is -0.185. The van der Waals surface area contributed by atoms with Crippen molar-refractivity contribution in [2.24, 2.45) is 5.92 Å². The minimum atomic E-state index is -4.76. The van der Waals surface area contributed by atoms with Crippen LogP contribution < -0.4 is 0 Å². The van der Waals surface area contributed by atoms with Crippen molar-refractivity contribution in [1.29, 1.82) is 0 Å². The summed E-state index contributed by atoms with van der Waals surface area (Å²) in [6.07, 6.45) is 1.91. The molecule has 0 spiro atoms. The molecule has 0 aliphatic heterocycles. The van der Waals surface area contributed by atoms with E-state index in [0.29, 0.717) is 0 Å². The average molecular weight is 183 g/mol. The first kappa shape index (κ1) is 11.8. The van der Waals surface area contributed by atoms with Crippen LogP contribution in [0.4, 0.5) is 12.9 Å². The number of rotatable bonds is 6. The van der Waals surface area contributed by atoms with Gasteiger partial charge in [0.1, 0.15) is 0 Å². The molecule has 0 rings (SSSR count). The largest absolute Gasteiger partial charge is 0.503 e. The zero-order chi connectivity index (χ0) is 9.61. The normalized spacial score (nSPS) is 14.8. The summed E-state index contributed by atoms with van der Waals surface area (Å²) in [5, 5.41) is 0. The van der Waals surface area contributed by atoms with E-state index in [2.05, 4.69) is 4.74 Å². The lowest BCUT2D eigenvalue weighted by Gasteiger charge is -2.16. The van der Waals surface area contributed by atoms with Gasteiger partial charge >= 0.3 is 6.98 Å². The SMILES string of the molecule is CCCC(C)COC[B-](F)(F)F. The van der Waals surface area contributed by atoms with Crippen LogP contribution in [-0.2, 0) is 4.74 Å². The van der Waals surface area contributed by atoms with E-state index in [4.69, 9.17) is 0 Å². The maximum atomic E-state index is 11.6. The van der Waals surface area contributed by atoms with Crippen molar-refractivity contribution in [3.63, 3.8) is 0 Å². The Morgan fingerprint density at radius 3 is 2.33 bits per heavy atom. The fraction of sp³-hybridized carbons (Fsp3) is 1.00. The van der Waals surface area contributed by atoms with Crippen molar-refractivity contribution < 1.29 is 17.7 Å². The van der Waals surface area contributed by atoms with E-state index < -0.39 is 13.5 Å². The summed E-state index contributed by atoms with van der Waals surface area (Å²) < 4.78 is 39.4. The van der Waals surface area contributed by atoms with Crippen LogP contribution in [0.5, 0.6) is 0 Å². The van der Waals surface area contributed by atoms with Crippen molar-refractivity contribution in [2.75, 3.05) is 13.1 Å². The second kappa shape index (κ2) is 5.46. The third-order valence-electron chi connectivity index (χ3n) is 1.49. The second-order valence-corrected chi connectivity index (χ2v) is 3.14. The average Bonchev–Trinajstić information content (AvgIpc) is 1.84. The van der Waals surface area contributed by atoms with E-state index in [1.54, 1.807) is 0 Å². The quantitative estimate of drug-likeness (QED) is 0.575. The van der Waals surface area contributed by atoms with E-state index in [1.165, 1.54) is 0 Å². The summed E-state index contributed by atoms with van der Waals surface area (Å²) in [6.45, 7) is -1.71. The maximum absolute atomic E-state index is 11.6. The fourth-order valence-corrected chi connectivity index (χ4v) is 0.979. The summed E-state index contributed by atoms with van der Waals surface area (Å²) in [5.74, 6) is 0.230. The first-order valence-electron chi connectivity index (χ1n) is 4.24. The minimum Gasteiger partial charge on any atom is -0.447 e. The fourth-order valence-electron chi connectivity index (χ4n) is 0.979. The molecule has 0 radical (unpaired) electrons. The highest BCUT2D eigenvalue weighted by atomic mass is 19.4. The van der Waals surface area contributed by atoms with Crippen LogP contribution in [0.3, 0.4) is 0 Å². The molecule has 74 valence electrons. The van der Waals surface area contributed by atoms with Gasteiger partial charge in [0.25, 0.3) is 0 Å². The third kappa shape index (κ3) is 7.92. The Balaban J connectivity index is 3.31. The van der Waals surface area contributed by atoms with Crippen LogP contribution in [-0.4, -0.2) is 20.1 Å². The first-order valence-corrected chi connectivity index (χ1v) is 4.24. The molecule has 0 aromatic heterocycles. The van der Waals surface area contributed by atoms with Gasteiger partial charge < -0.3 is 17.7 Å². The highest BCUT2D eigenvalue weighted by Crippen LogP contribution is 2.10. The molecule has 5 heteroatoms. The molecule has 0 aromatic carbocycles. The van der Waals surface area contributed by atoms with Gasteiger partial charge in [-0.3, -0.25) is 0 Å². The van der Waals surface area contributed by atoms with Gasteiger partial charge in [0.05, 0.1) is 0 Å². The predicted octanol–water partition coefficient (Wildman–Crippen LogP) is 2.83. The van der Waals surface area contributed by atoms with Crippen molar-refractivity contribution in [3.05, 3.63) is 0 Å². The predicted molar refractivity (Wildman–Crippen MR) is 44.0 cm³/mol. The van der Waals surface area contributed by atoms with Gasteiger partial charge in [-0.25, -0.2) is 0 Å². The highest BCUT2D eigenvalue weighted by molar-refractivity contribution is 6.58. The number of halogens is 3. The maximum Gasteiger partial charge on any atom is 0.503 e. The van der Waals surface area contributed by atoms with Crippen molar-refractivity contribution in [3.8, 4) is 0 Å². The van der Waals surface area contributed by atoms with E-state index in [-0.39, 0.29) is 12.5 Å². The summed E-state index contributed by atoms with van der Waals surface area (Å²) >= 11 is 0. The van der Waals surface area contributed by atoms with Crippen molar-refractivity contribution >= 4 is 6.98 Å². The van der Waals surface area contributed by atoms with Crippen LogP contribution in [0.15, 0.2) is 0 Å². The monoisotopic (exact) mass is 183 g/mol. The van der Waals surface area contributed by atoms with Gasteiger partial charge in [-0.15, -0.1) is 0 Å². The molecule has 0 aromatic rings. The second-order valence-electron chi connectivity index (χ2n) is 3.14. The van der Waals surface area contributed by atoms with Crippen LogP contribution in [0.1, 0.15) is 26.7 Å². The molecule has 1 atom stereocenters. The van der Waals surface area contributed by atoms with Gasteiger partial charge in [0.15, 0.2) is 0 Å². The Bertz CT molecular complexity index is 116. The molecule has 0 amide bonds. The molecule has 0 aliphatic carbocycles. The van der Waals surface area contributed by atoms with Crippen LogP contribution in [0, 0.1) is 5.92 Å². The molecule has 0 aliphatic rings. The lowest BCUT2D eigenvalue weighted by Crippen LogP contribution is -2.25. The molecule has 0 bridgehead atoms. The third-order valence-corrected chi connectivity index (χ3v) is 1.49. The van der Waals surface area contributed by atoms with Crippen LogP contribution in [0.2, 0.25) is 0 Å². The molecule has 0 fully saturated rings. The number of ether oxygens (including phenoxy) is 1. The lowest BCUT2D eigenvalue weighted by atomic mass is 9.95. The molecule has 0 heterocycles. The van der Waals surface area contributed by atoms with E-state index in [1.807, 2.05) is 13.8 Å². The van der Waals surface area contributed by atoms with E-state index in [9.17, 15) is 12.9 Å². The van der Waals surface area contributed by atoms with Crippen LogP contribution >= 0.6 is 0 Å². The zero-order valence-corrected chi connectivity index (χ0v) is 7.53. The first-order chi connectivity index (χ1) is 5.45. The number of hydrogen-bond donors (Lipinski definition) is 0. The summed E-state index contributed by atoms with van der Waals surface area (Å²) in [7, 11) is 0. The van der Waals surface area contributed by atoms with Crippen LogP contribution in [0.25, 0.3) is 0 Å². The topological polar surface area (TPSA) is 9.23 Å². The standard InChI is InChI=1S/C7H15BF3O/c1-3-4-7(2)5-12-6-8(9,10)11/h7H,3-6H2,1-2H3/q-1. The summed E-state index contributed by atoms with van der Waals surface area (Å²) in [5.41, 5.74) is 0. The molecule has 0 saturated carbocycles. The Kier molecular flexibility index (Phi) is 5.37. The van der Waals surface area contributed by atoms with Gasteiger partial charge in [0.2, 0.25) is 0 Å². The number of hydrogen-bond acceptors (Lipinski definition) is 1.